The van der Waals surface area contributed by atoms with Crippen LogP contribution in [0.4, 0.5) is 0 Å². The first-order valence-corrected chi connectivity index (χ1v) is 9.44. The van der Waals surface area contributed by atoms with Gasteiger partial charge in [0.1, 0.15) is 17.7 Å². The largest absolute Gasteiger partial charge is 0.365 e. The molecule has 0 saturated carbocycles. The molecule has 0 spiro atoms. The highest BCUT2D eigenvalue weighted by Gasteiger charge is 2.13. The molecule has 0 fully saturated rings. The number of nitriles is 2. The summed E-state index contributed by atoms with van der Waals surface area (Å²) in [5.41, 5.74) is 3.94. The van der Waals surface area contributed by atoms with E-state index in [-0.39, 0.29) is 5.57 Å². The van der Waals surface area contributed by atoms with Crippen molar-refractivity contribution in [1.82, 2.24) is 4.90 Å². The molecule has 0 amide bonds. The van der Waals surface area contributed by atoms with E-state index in [4.69, 9.17) is 0 Å². The molecule has 2 rings (SSSR count). The highest BCUT2D eigenvalue weighted by atomic mass is 32.2. The lowest BCUT2D eigenvalue weighted by atomic mass is 9.96. The number of benzene rings is 2. The van der Waals surface area contributed by atoms with E-state index in [9.17, 15) is 10.5 Å². The van der Waals surface area contributed by atoms with E-state index in [1.807, 2.05) is 80.9 Å². The summed E-state index contributed by atoms with van der Waals surface area (Å²) >= 11 is 1.60. The monoisotopic (exact) mass is 359 g/mol. The summed E-state index contributed by atoms with van der Waals surface area (Å²) in [5.74, 6) is 0. The second kappa shape index (κ2) is 9.51. The zero-order valence-corrected chi connectivity index (χ0v) is 16.0. The maximum Gasteiger partial charge on any atom is 0.137 e. The lowest BCUT2D eigenvalue weighted by Crippen LogP contribution is -2.15. The summed E-state index contributed by atoms with van der Waals surface area (Å²) in [6.45, 7) is 2.74. The SMILES string of the molecule is CS/C(=C\C(=C(C#N)C#N)c1ccccc1C)N(C)Cc1ccccc1. The molecule has 3 nitrogen and oxygen atoms in total. The normalized spacial score (nSPS) is 10.6. The molecule has 0 unspecified atom stereocenters. The lowest BCUT2D eigenvalue weighted by molar-refractivity contribution is 0.440. The summed E-state index contributed by atoms with van der Waals surface area (Å²) in [6.07, 6.45) is 3.94. The Labute approximate surface area is 159 Å². The standard InChI is InChI=1S/C22H21N3S/c1-17-9-7-8-12-20(17)21(19(14-23)15-24)13-22(26-3)25(2)16-18-10-5-4-6-11-18/h4-13H,16H2,1-3H3/b22-13-. The summed E-state index contributed by atoms with van der Waals surface area (Å²) in [5, 5.41) is 19.9. The third kappa shape index (κ3) is 4.79. The smallest absolute Gasteiger partial charge is 0.137 e. The Morgan fingerprint density at radius 1 is 1.04 bits per heavy atom. The Balaban J connectivity index is 2.47. The van der Waals surface area contributed by atoms with E-state index in [1.165, 1.54) is 5.56 Å². The van der Waals surface area contributed by atoms with Crippen molar-refractivity contribution in [3.05, 3.63) is 88.0 Å². The molecule has 26 heavy (non-hydrogen) atoms. The fourth-order valence-electron chi connectivity index (χ4n) is 2.69. The summed E-state index contributed by atoms with van der Waals surface area (Å²) in [6, 6.07) is 22.1. The maximum absolute atomic E-state index is 9.43. The van der Waals surface area contributed by atoms with Gasteiger partial charge in [0.25, 0.3) is 0 Å². The van der Waals surface area contributed by atoms with Crippen LogP contribution in [0.25, 0.3) is 5.57 Å². The second-order valence-electron chi connectivity index (χ2n) is 5.86. The van der Waals surface area contributed by atoms with Gasteiger partial charge in [0.15, 0.2) is 0 Å². The predicted molar refractivity (Wildman–Crippen MR) is 109 cm³/mol. The minimum absolute atomic E-state index is 0.124. The van der Waals surface area contributed by atoms with Crippen molar-refractivity contribution in [3.8, 4) is 12.1 Å². The molecule has 0 atom stereocenters. The zero-order valence-electron chi connectivity index (χ0n) is 15.2. The number of thioether (sulfide) groups is 1. The minimum Gasteiger partial charge on any atom is -0.365 e. The van der Waals surface area contributed by atoms with Crippen LogP contribution in [0.1, 0.15) is 16.7 Å². The topological polar surface area (TPSA) is 50.8 Å². The zero-order chi connectivity index (χ0) is 18.9. The average molecular weight is 359 g/mol. The highest BCUT2D eigenvalue weighted by Crippen LogP contribution is 2.28. The number of nitrogens with zero attached hydrogens (tertiary/aromatic N) is 3. The molecule has 0 aliphatic rings. The summed E-state index contributed by atoms with van der Waals surface area (Å²) in [4.78, 5) is 2.13. The fraction of sp³-hybridized carbons (Fsp3) is 0.182. The molecule has 0 heterocycles. The van der Waals surface area contributed by atoms with E-state index < -0.39 is 0 Å². The molecule has 0 aromatic heterocycles. The van der Waals surface area contributed by atoms with Gasteiger partial charge in [-0.3, -0.25) is 0 Å². The van der Waals surface area contributed by atoms with Crippen LogP contribution < -0.4 is 0 Å². The van der Waals surface area contributed by atoms with Crippen molar-refractivity contribution in [2.24, 2.45) is 0 Å². The minimum atomic E-state index is 0.124. The van der Waals surface area contributed by atoms with Gasteiger partial charge in [-0.1, -0.05) is 54.6 Å². The van der Waals surface area contributed by atoms with Crippen LogP contribution >= 0.6 is 11.8 Å². The molecule has 0 radical (unpaired) electrons. The Morgan fingerprint density at radius 2 is 1.65 bits per heavy atom. The molecular weight excluding hydrogens is 338 g/mol. The van der Waals surface area contributed by atoms with Crippen LogP contribution in [0.2, 0.25) is 0 Å². The molecule has 0 aliphatic heterocycles. The van der Waals surface area contributed by atoms with Crippen LogP contribution in [0, 0.1) is 29.6 Å². The quantitative estimate of drug-likeness (QED) is 0.530. The first kappa shape index (κ1) is 19.4. The molecular formula is C22H21N3S. The lowest BCUT2D eigenvalue weighted by Gasteiger charge is -2.22. The van der Waals surface area contributed by atoms with Crippen molar-refractivity contribution >= 4 is 17.3 Å². The molecule has 0 N–H and O–H groups in total. The van der Waals surface area contributed by atoms with Crippen molar-refractivity contribution in [1.29, 1.82) is 10.5 Å². The maximum atomic E-state index is 9.43. The first-order chi connectivity index (χ1) is 12.6. The van der Waals surface area contributed by atoms with Crippen molar-refractivity contribution in [2.75, 3.05) is 13.3 Å². The van der Waals surface area contributed by atoms with Gasteiger partial charge in [-0.05, 0) is 35.9 Å². The Hall–Kier alpha value is -2.95. The van der Waals surface area contributed by atoms with Gasteiger partial charge >= 0.3 is 0 Å². The Kier molecular flexibility index (Phi) is 7.09. The van der Waals surface area contributed by atoms with Crippen LogP contribution in [0.5, 0.6) is 0 Å². The van der Waals surface area contributed by atoms with Crippen LogP contribution in [0.3, 0.4) is 0 Å². The molecule has 0 aliphatic carbocycles. The van der Waals surface area contributed by atoms with Gasteiger partial charge in [0, 0.05) is 19.2 Å². The first-order valence-electron chi connectivity index (χ1n) is 8.22. The van der Waals surface area contributed by atoms with Gasteiger partial charge in [0.2, 0.25) is 0 Å². The molecule has 2 aromatic carbocycles. The average Bonchev–Trinajstić information content (AvgIpc) is 2.66. The van der Waals surface area contributed by atoms with E-state index in [2.05, 4.69) is 17.0 Å². The van der Waals surface area contributed by atoms with Crippen LogP contribution in [-0.4, -0.2) is 18.2 Å². The van der Waals surface area contributed by atoms with Gasteiger partial charge in [-0.15, -0.1) is 11.8 Å². The van der Waals surface area contributed by atoms with Gasteiger partial charge in [-0.2, -0.15) is 10.5 Å². The number of rotatable bonds is 6. The highest BCUT2D eigenvalue weighted by molar-refractivity contribution is 8.02. The van der Waals surface area contributed by atoms with E-state index in [0.29, 0.717) is 5.57 Å². The predicted octanol–water partition coefficient (Wildman–Crippen LogP) is 5.13. The Bertz CT molecular complexity index is 883. The molecule has 0 saturated heterocycles. The number of hydrogen-bond acceptors (Lipinski definition) is 4. The molecule has 0 bridgehead atoms. The summed E-state index contributed by atoms with van der Waals surface area (Å²) < 4.78 is 0. The van der Waals surface area contributed by atoms with Crippen molar-refractivity contribution in [3.63, 3.8) is 0 Å². The van der Waals surface area contributed by atoms with Crippen molar-refractivity contribution in [2.45, 2.75) is 13.5 Å². The van der Waals surface area contributed by atoms with Crippen LogP contribution in [0.15, 0.2) is 71.3 Å². The second-order valence-corrected chi connectivity index (χ2v) is 6.68. The number of hydrogen-bond donors (Lipinski definition) is 0. The van der Waals surface area contributed by atoms with Gasteiger partial charge < -0.3 is 4.90 Å². The van der Waals surface area contributed by atoms with Crippen LogP contribution in [-0.2, 0) is 6.54 Å². The summed E-state index contributed by atoms with van der Waals surface area (Å²) in [7, 11) is 2.02. The van der Waals surface area contributed by atoms with Crippen molar-refractivity contribution < 1.29 is 0 Å². The van der Waals surface area contributed by atoms with E-state index in [0.717, 1.165) is 22.7 Å². The van der Waals surface area contributed by atoms with E-state index >= 15 is 0 Å². The molecule has 4 heteroatoms. The molecule has 2 aromatic rings. The third-order valence-electron chi connectivity index (χ3n) is 4.04. The third-order valence-corrected chi connectivity index (χ3v) is 4.89. The van der Waals surface area contributed by atoms with Gasteiger partial charge in [-0.25, -0.2) is 0 Å². The van der Waals surface area contributed by atoms with E-state index in [1.54, 1.807) is 11.8 Å². The Morgan fingerprint density at radius 3 is 2.23 bits per heavy atom. The molecule has 130 valence electrons. The van der Waals surface area contributed by atoms with Gasteiger partial charge in [0.05, 0.1) is 5.03 Å². The fourth-order valence-corrected chi connectivity index (χ4v) is 3.30. The number of aryl methyl sites for hydroxylation is 1. The number of allylic oxidation sites excluding steroid dienone is 3.